The summed E-state index contributed by atoms with van der Waals surface area (Å²) in [7, 11) is 0. The molecule has 0 saturated heterocycles. The Morgan fingerprint density at radius 3 is 2.67 bits per heavy atom. The van der Waals surface area contributed by atoms with Gasteiger partial charge in [-0.3, -0.25) is 4.79 Å². The Morgan fingerprint density at radius 2 is 2.19 bits per heavy atom. The summed E-state index contributed by atoms with van der Waals surface area (Å²) in [6.07, 6.45) is 4.64. The fourth-order valence-electron chi connectivity index (χ4n) is 2.86. The molecule has 2 N–H and O–H groups in total. The lowest BCUT2D eigenvalue weighted by Crippen LogP contribution is -2.58. The van der Waals surface area contributed by atoms with Crippen molar-refractivity contribution in [1.29, 1.82) is 0 Å². The van der Waals surface area contributed by atoms with Gasteiger partial charge >= 0.3 is 12.0 Å². The highest BCUT2D eigenvalue weighted by atomic mass is 32.1. The zero-order chi connectivity index (χ0) is 14.9. The van der Waals surface area contributed by atoms with Gasteiger partial charge in [-0.25, -0.2) is 4.79 Å². The quantitative estimate of drug-likeness (QED) is 0.849. The average Bonchev–Trinajstić information content (AvgIpc) is 3.09. The Kier molecular flexibility index (Phi) is 3.89. The van der Waals surface area contributed by atoms with Gasteiger partial charge in [0.05, 0.1) is 18.5 Å². The first-order chi connectivity index (χ1) is 10.1. The summed E-state index contributed by atoms with van der Waals surface area (Å²) in [5.41, 5.74) is -0.522. The Bertz CT molecular complexity index is 521. The van der Waals surface area contributed by atoms with Crippen molar-refractivity contribution in [2.24, 2.45) is 0 Å². The molecule has 2 saturated carbocycles. The van der Waals surface area contributed by atoms with Gasteiger partial charge in [-0.1, -0.05) is 6.07 Å². The van der Waals surface area contributed by atoms with Crippen LogP contribution in [0.5, 0.6) is 0 Å². The second-order valence-electron chi connectivity index (χ2n) is 6.07. The molecule has 3 rings (SSSR count). The second kappa shape index (κ2) is 5.67. The third-order valence-corrected chi connectivity index (χ3v) is 5.19. The van der Waals surface area contributed by atoms with Crippen LogP contribution in [0.1, 0.15) is 43.4 Å². The molecule has 114 valence electrons. The van der Waals surface area contributed by atoms with Crippen molar-refractivity contribution in [3.05, 3.63) is 22.4 Å². The van der Waals surface area contributed by atoms with Crippen molar-refractivity contribution < 1.29 is 14.7 Å². The molecular weight excluding hydrogens is 288 g/mol. The molecule has 0 spiro atoms. The van der Waals surface area contributed by atoms with E-state index in [4.69, 9.17) is 5.11 Å². The number of amides is 2. The van der Waals surface area contributed by atoms with Crippen LogP contribution >= 0.6 is 11.3 Å². The Balaban J connectivity index is 1.65. The van der Waals surface area contributed by atoms with E-state index in [0.717, 1.165) is 37.0 Å². The van der Waals surface area contributed by atoms with E-state index in [-0.39, 0.29) is 12.5 Å². The molecule has 0 atom stereocenters. The zero-order valence-electron chi connectivity index (χ0n) is 11.9. The minimum Gasteiger partial charge on any atom is -0.481 e. The van der Waals surface area contributed by atoms with Crippen LogP contribution in [0.4, 0.5) is 4.79 Å². The predicted octanol–water partition coefficient (Wildman–Crippen LogP) is 2.82. The van der Waals surface area contributed by atoms with Crippen LogP contribution in [0.3, 0.4) is 0 Å². The molecule has 2 aliphatic carbocycles. The zero-order valence-corrected chi connectivity index (χ0v) is 12.7. The molecule has 2 fully saturated rings. The third-order valence-electron chi connectivity index (χ3n) is 4.33. The van der Waals surface area contributed by atoms with E-state index in [1.807, 2.05) is 22.4 Å². The molecule has 5 nitrogen and oxygen atoms in total. The number of carbonyl (C=O) groups excluding carboxylic acids is 1. The lowest BCUT2D eigenvalue weighted by molar-refractivity contribution is -0.139. The van der Waals surface area contributed by atoms with Crippen molar-refractivity contribution >= 4 is 23.3 Å². The number of hydrogen-bond donors (Lipinski definition) is 2. The van der Waals surface area contributed by atoms with Crippen LogP contribution in [-0.2, 0) is 11.3 Å². The summed E-state index contributed by atoms with van der Waals surface area (Å²) >= 11 is 1.65. The highest BCUT2D eigenvalue weighted by molar-refractivity contribution is 7.09. The van der Waals surface area contributed by atoms with E-state index in [1.54, 1.807) is 11.3 Å². The fraction of sp³-hybridized carbons (Fsp3) is 0.600. The number of rotatable bonds is 6. The van der Waals surface area contributed by atoms with Gasteiger partial charge in [0.15, 0.2) is 0 Å². The lowest BCUT2D eigenvalue weighted by atomic mass is 9.74. The summed E-state index contributed by atoms with van der Waals surface area (Å²) in [5.74, 6) is -0.841. The molecule has 0 unspecified atom stereocenters. The van der Waals surface area contributed by atoms with E-state index in [2.05, 4.69) is 5.32 Å². The van der Waals surface area contributed by atoms with Crippen LogP contribution in [0.15, 0.2) is 17.5 Å². The van der Waals surface area contributed by atoms with E-state index in [9.17, 15) is 9.59 Å². The smallest absolute Gasteiger partial charge is 0.318 e. The molecule has 2 amide bonds. The first-order valence-corrected chi connectivity index (χ1v) is 8.29. The molecule has 1 heterocycles. The van der Waals surface area contributed by atoms with Gasteiger partial charge in [-0.15, -0.1) is 11.3 Å². The lowest BCUT2D eigenvalue weighted by Gasteiger charge is -2.42. The van der Waals surface area contributed by atoms with Crippen LogP contribution in [0.25, 0.3) is 0 Å². The van der Waals surface area contributed by atoms with E-state index >= 15 is 0 Å². The largest absolute Gasteiger partial charge is 0.481 e. The first kappa shape index (κ1) is 14.4. The molecule has 0 aromatic carbocycles. The van der Waals surface area contributed by atoms with Crippen LogP contribution in [-0.4, -0.2) is 33.6 Å². The van der Waals surface area contributed by atoms with Crippen molar-refractivity contribution in [2.45, 2.75) is 56.7 Å². The SMILES string of the molecule is O=C(O)CC1(NC(=O)N(Cc2cccs2)C2CC2)CCC1. The summed E-state index contributed by atoms with van der Waals surface area (Å²) in [4.78, 5) is 26.6. The standard InChI is InChI=1S/C15H20N2O3S/c18-13(19)9-15(6-2-7-15)16-14(20)17(11-4-5-11)10-12-3-1-8-21-12/h1,3,8,11H,2,4-7,9-10H2,(H,16,20)(H,18,19). The van der Waals surface area contributed by atoms with E-state index < -0.39 is 11.5 Å². The number of carbonyl (C=O) groups is 2. The maximum atomic E-state index is 12.6. The number of carboxylic acid groups (broad SMARTS) is 1. The Hall–Kier alpha value is -1.56. The average molecular weight is 308 g/mol. The Morgan fingerprint density at radius 1 is 1.43 bits per heavy atom. The molecule has 2 aliphatic rings. The van der Waals surface area contributed by atoms with Gasteiger partial charge in [0, 0.05) is 10.9 Å². The maximum absolute atomic E-state index is 12.6. The van der Waals surface area contributed by atoms with Crippen LogP contribution in [0.2, 0.25) is 0 Å². The minimum absolute atomic E-state index is 0.0241. The third kappa shape index (κ3) is 3.37. The molecule has 1 aromatic heterocycles. The molecule has 0 bridgehead atoms. The van der Waals surface area contributed by atoms with Gasteiger partial charge in [0.1, 0.15) is 0 Å². The molecule has 0 radical (unpaired) electrons. The van der Waals surface area contributed by atoms with Gasteiger partial charge in [-0.2, -0.15) is 0 Å². The molecule has 0 aliphatic heterocycles. The number of nitrogens with one attached hydrogen (secondary N) is 1. The fourth-order valence-corrected chi connectivity index (χ4v) is 3.56. The molecule has 21 heavy (non-hydrogen) atoms. The summed E-state index contributed by atoms with van der Waals surface area (Å²) in [5, 5.41) is 14.0. The second-order valence-corrected chi connectivity index (χ2v) is 7.11. The van der Waals surface area contributed by atoms with Crippen molar-refractivity contribution in [3.8, 4) is 0 Å². The van der Waals surface area contributed by atoms with Gasteiger partial charge in [0.25, 0.3) is 0 Å². The summed E-state index contributed by atoms with van der Waals surface area (Å²) in [6, 6.07) is 4.23. The number of thiophene rings is 1. The first-order valence-electron chi connectivity index (χ1n) is 7.41. The molecule has 6 heteroatoms. The monoisotopic (exact) mass is 308 g/mol. The highest BCUT2D eigenvalue weighted by Gasteiger charge is 2.43. The maximum Gasteiger partial charge on any atom is 0.318 e. The highest BCUT2D eigenvalue weighted by Crippen LogP contribution is 2.36. The normalized spacial score (nSPS) is 19.6. The van der Waals surface area contributed by atoms with Crippen LogP contribution in [0, 0.1) is 0 Å². The number of urea groups is 1. The number of hydrogen-bond acceptors (Lipinski definition) is 3. The number of carboxylic acids is 1. The van der Waals surface area contributed by atoms with Crippen LogP contribution < -0.4 is 5.32 Å². The minimum atomic E-state index is -0.841. The predicted molar refractivity (Wildman–Crippen MR) is 80.3 cm³/mol. The summed E-state index contributed by atoms with van der Waals surface area (Å²) in [6.45, 7) is 0.622. The van der Waals surface area contributed by atoms with Gasteiger partial charge < -0.3 is 15.3 Å². The number of aliphatic carboxylic acids is 1. The number of nitrogens with zero attached hydrogens (tertiary/aromatic N) is 1. The topological polar surface area (TPSA) is 69.6 Å². The molecule has 1 aromatic rings. The molecular formula is C15H20N2O3S. The van der Waals surface area contributed by atoms with Gasteiger partial charge in [0.2, 0.25) is 0 Å². The Labute approximate surface area is 128 Å². The van der Waals surface area contributed by atoms with Gasteiger partial charge in [-0.05, 0) is 43.6 Å². The van der Waals surface area contributed by atoms with E-state index in [1.165, 1.54) is 0 Å². The van der Waals surface area contributed by atoms with E-state index in [0.29, 0.717) is 12.6 Å². The van der Waals surface area contributed by atoms with Crippen molar-refractivity contribution in [2.75, 3.05) is 0 Å². The summed E-state index contributed by atoms with van der Waals surface area (Å²) < 4.78 is 0. The van der Waals surface area contributed by atoms with Crippen molar-refractivity contribution in [3.63, 3.8) is 0 Å². The van der Waals surface area contributed by atoms with Crippen molar-refractivity contribution in [1.82, 2.24) is 10.2 Å².